The molecule has 1 aromatic rings. The maximum atomic E-state index is 12.5. The number of hydrogen-bond donors (Lipinski definition) is 7. The lowest BCUT2D eigenvalue weighted by Gasteiger charge is -2.22. The molecule has 13 nitrogen and oxygen atoms in total. The van der Waals surface area contributed by atoms with Gasteiger partial charge in [-0.2, -0.15) is 0 Å². The first-order chi connectivity index (χ1) is 13.6. The fraction of sp³-hybridized carbons (Fsp3) is 0.500. The van der Waals surface area contributed by atoms with E-state index in [0.717, 1.165) is 0 Å². The second-order valence-corrected chi connectivity index (χ2v) is 6.29. The number of hydrogen-bond acceptors (Lipinski definition) is 7. The fourth-order valence-electron chi connectivity index (χ4n) is 2.33. The second-order valence-electron chi connectivity index (χ2n) is 6.29. The highest BCUT2D eigenvalue weighted by atomic mass is 16.4. The van der Waals surface area contributed by atoms with Gasteiger partial charge in [0, 0.05) is 31.2 Å². The molecule has 1 heterocycles. The first kappa shape index (κ1) is 23.6. The van der Waals surface area contributed by atoms with Crippen molar-refractivity contribution in [3.8, 4) is 0 Å². The Bertz CT molecular complexity index is 736. The molecule has 1 aromatic heterocycles. The van der Waals surface area contributed by atoms with E-state index in [1.54, 1.807) is 0 Å². The molecule has 29 heavy (non-hydrogen) atoms. The van der Waals surface area contributed by atoms with Crippen molar-refractivity contribution in [2.24, 2.45) is 11.5 Å². The fourth-order valence-corrected chi connectivity index (χ4v) is 2.33. The van der Waals surface area contributed by atoms with E-state index in [0.29, 0.717) is 5.69 Å². The molecule has 0 aliphatic heterocycles. The van der Waals surface area contributed by atoms with Crippen LogP contribution >= 0.6 is 0 Å². The van der Waals surface area contributed by atoms with Crippen LogP contribution in [0.1, 0.15) is 31.4 Å². The Hall–Kier alpha value is -3.48. The summed E-state index contributed by atoms with van der Waals surface area (Å²) in [5, 5.41) is 22.7. The van der Waals surface area contributed by atoms with Crippen molar-refractivity contribution in [1.82, 2.24) is 20.6 Å². The average Bonchev–Trinajstić information content (AvgIpc) is 3.14. The van der Waals surface area contributed by atoms with E-state index in [4.69, 9.17) is 16.6 Å². The Labute approximate surface area is 165 Å². The summed E-state index contributed by atoms with van der Waals surface area (Å²) in [5.74, 6) is -4.86. The molecular formula is C16H24N6O7. The number of amides is 3. The van der Waals surface area contributed by atoms with E-state index in [-0.39, 0.29) is 25.7 Å². The van der Waals surface area contributed by atoms with E-state index in [2.05, 4.69) is 20.6 Å². The van der Waals surface area contributed by atoms with Crippen LogP contribution < -0.4 is 22.1 Å². The Balaban J connectivity index is 2.80. The number of carboxylic acid groups (broad SMARTS) is 2. The molecule has 0 aliphatic rings. The Morgan fingerprint density at radius 3 is 2.21 bits per heavy atom. The molecule has 3 amide bonds. The van der Waals surface area contributed by atoms with Crippen molar-refractivity contribution < 1.29 is 34.2 Å². The van der Waals surface area contributed by atoms with E-state index in [1.807, 2.05) is 0 Å². The lowest BCUT2D eigenvalue weighted by Crippen LogP contribution is -2.55. The summed E-state index contributed by atoms with van der Waals surface area (Å²) < 4.78 is 0. The van der Waals surface area contributed by atoms with Gasteiger partial charge in [-0.3, -0.25) is 19.2 Å². The van der Waals surface area contributed by atoms with E-state index in [9.17, 15) is 29.1 Å². The van der Waals surface area contributed by atoms with Crippen molar-refractivity contribution in [2.45, 2.75) is 50.2 Å². The SMILES string of the molecule is NC(=O)CC[C@H](N)C(=O)N[C@@H](CCC(=O)O)C(=O)N[C@@H](Cc1cnc[nH]1)C(=O)O. The minimum absolute atomic E-state index is 0.0635. The summed E-state index contributed by atoms with van der Waals surface area (Å²) in [7, 11) is 0. The van der Waals surface area contributed by atoms with Crippen LogP contribution in [-0.2, 0) is 30.4 Å². The molecule has 9 N–H and O–H groups in total. The van der Waals surface area contributed by atoms with Crippen LogP contribution in [0.15, 0.2) is 12.5 Å². The first-order valence-electron chi connectivity index (χ1n) is 8.66. The molecule has 160 valence electrons. The topological polar surface area (TPSA) is 231 Å². The van der Waals surface area contributed by atoms with Gasteiger partial charge in [-0.05, 0) is 12.8 Å². The Morgan fingerprint density at radius 2 is 1.69 bits per heavy atom. The predicted octanol–water partition coefficient (Wildman–Crippen LogP) is -2.54. The Morgan fingerprint density at radius 1 is 1.03 bits per heavy atom. The second kappa shape index (κ2) is 11.4. The van der Waals surface area contributed by atoms with Crippen molar-refractivity contribution in [3.05, 3.63) is 18.2 Å². The summed E-state index contributed by atoms with van der Waals surface area (Å²) in [6.45, 7) is 0. The third kappa shape index (κ3) is 8.83. The van der Waals surface area contributed by atoms with Crippen LogP contribution in [-0.4, -0.2) is 68.0 Å². The highest BCUT2D eigenvalue weighted by molar-refractivity contribution is 5.92. The number of imidazole rings is 1. The molecule has 0 unspecified atom stereocenters. The number of primary amides is 1. The van der Waals surface area contributed by atoms with Crippen LogP contribution in [0.25, 0.3) is 0 Å². The van der Waals surface area contributed by atoms with E-state index >= 15 is 0 Å². The number of nitrogens with two attached hydrogens (primary N) is 2. The molecular weight excluding hydrogens is 388 g/mol. The molecule has 0 aliphatic carbocycles. The number of aromatic nitrogens is 2. The molecule has 0 bridgehead atoms. The normalized spacial score (nSPS) is 13.7. The van der Waals surface area contributed by atoms with Crippen LogP contribution in [0, 0.1) is 0 Å². The zero-order valence-corrected chi connectivity index (χ0v) is 15.5. The molecule has 3 atom stereocenters. The van der Waals surface area contributed by atoms with Gasteiger partial charge in [0.1, 0.15) is 12.1 Å². The highest BCUT2D eigenvalue weighted by Gasteiger charge is 2.28. The summed E-state index contributed by atoms with van der Waals surface area (Å²) in [6, 6.07) is -3.82. The van der Waals surface area contributed by atoms with Crippen molar-refractivity contribution >= 4 is 29.7 Å². The smallest absolute Gasteiger partial charge is 0.326 e. The molecule has 1 rings (SSSR count). The van der Waals surface area contributed by atoms with Crippen LogP contribution in [0.4, 0.5) is 0 Å². The maximum absolute atomic E-state index is 12.5. The molecule has 0 aromatic carbocycles. The van der Waals surface area contributed by atoms with Crippen molar-refractivity contribution in [2.75, 3.05) is 0 Å². The largest absolute Gasteiger partial charge is 0.481 e. The molecule has 13 heteroatoms. The number of carboxylic acids is 2. The van der Waals surface area contributed by atoms with Gasteiger partial charge >= 0.3 is 11.9 Å². The zero-order valence-electron chi connectivity index (χ0n) is 15.5. The lowest BCUT2D eigenvalue weighted by molar-refractivity contribution is -0.143. The number of rotatable bonds is 13. The van der Waals surface area contributed by atoms with Crippen LogP contribution in [0.5, 0.6) is 0 Å². The van der Waals surface area contributed by atoms with Gasteiger partial charge in [-0.1, -0.05) is 0 Å². The molecule has 0 saturated heterocycles. The average molecular weight is 412 g/mol. The van der Waals surface area contributed by atoms with Gasteiger partial charge < -0.3 is 37.3 Å². The monoisotopic (exact) mass is 412 g/mol. The van der Waals surface area contributed by atoms with E-state index in [1.165, 1.54) is 12.5 Å². The maximum Gasteiger partial charge on any atom is 0.326 e. The molecule has 0 fully saturated rings. The Kier molecular flexibility index (Phi) is 9.25. The molecule has 0 radical (unpaired) electrons. The van der Waals surface area contributed by atoms with Crippen LogP contribution in [0.2, 0.25) is 0 Å². The lowest BCUT2D eigenvalue weighted by atomic mass is 10.1. The third-order valence-corrected chi connectivity index (χ3v) is 3.91. The molecule has 0 spiro atoms. The van der Waals surface area contributed by atoms with Gasteiger partial charge in [0.15, 0.2) is 0 Å². The minimum atomic E-state index is -1.34. The summed E-state index contributed by atoms with van der Waals surface area (Å²) in [4.78, 5) is 64.2. The number of nitrogens with one attached hydrogen (secondary N) is 3. The quantitative estimate of drug-likeness (QED) is 0.181. The number of aromatic amines is 1. The van der Waals surface area contributed by atoms with Gasteiger partial charge in [0.2, 0.25) is 17.7 Å². The minimum Gasteiger partial charge on any atom is -0.481 e. The number of carbonyl (C=O) groups is 5. The summed E-state index contributed by atoms with van der Waals surface area (Å²) in [5.41, 5.74) is 11.1. The number of carbonyl (C=O) groups excluding carboxylic acids is 3. The molecule has 0 saturated carbocycles. The van der Waals surface area contributed by atoms with Crippen molar-refractivity contribution in [1.29, 1.82) is 0 Å². The standard InChI is InChI=1S/C16H24N6O7/c17-9(1-3-12(18)23)14(26)21-10(2-4-13(24)25)15(27)22-11(16(28)29)5-8-6-19-7-20-8/h6-7,9-11H,1-5,17H2,(H2,18,23)(H,19,20)(H,21,26)(H,22,27)(H,24,25)(H,28,29)/t9-,10-,11-/m0/s1. The van der Waals surface area contributed by atoms with Gasteiger partial charge in [0.25, 0.3) is 0 Å². The summed E-state index contributed by atoms with van der Waals surface area (Å²) >= 11 is 0. The first-order valence-corrected chi connectivity index (χ1v) is 8.66. The highest BCUT2D eigenvalue weighted by Crippen LogP contribution is 2.04. The van der Waals surface area contributed by atoms with E-state index < -0.39 is 54.2 Å². The third-order valence-electron chi connectivity index (χ3n) is 3.91. The van der Waals surface area contributed by atoms with Gasteiger partial charge in [-0.25, -0.2) is 9.78 Å². The zero-order chi connectivity index (χ0) is 22.0. The number of aliphatic carboxylic acids is 2. The number of nitrogens with zero attached hydrogens (tertiary/aromatic N) is 1. The summed E-state index contributed by atoms with van der Waals surface area (Å²) in [6.07, 6.45) is 1.69. The number of H-pyrrole nitrogens is 1. The van der Waals surface area contributed by atoms with Gasteiger partial charge in [-0.15, -0.1) is 0 Å². The van der Waals surface area contributed by atoms with Crippen molar-refractivity contribution in [3.63, 3.8) is 0 Å². The van der Waals surface area contributed by atoms with Gasteiger partial charge in [0.05, 0.1) is 12.4 Å². The predicted molar refractivity (Wildman–Crippen MR) is 97.1 cm³/mol. The van der Waals surface area contributed by atoms with Crippen LogP contribution in [0.3, 0.4) is 0 Å².